The lowest BCUT2D eigenvalue weighted by Crippen LogP contribution is -2.48. The summed E-state index contributed by atoms with van der Waals surface area (Å²) in [6.07, 6.45) is 1.47. The van der Waals surface area contributed by atoms with Crippen LogP contribution in [0.4, 0.5) is 0 Å². The van der Waals surface area contributed by atoms with Crippen LogP contribution in [0.25, 0.3) is 11.1 Å². The van der Waals surface area contributed by atoms with Gasteiger partial charge in [0.05, 0.1) is 25.7 Å². The Labute approximate surface area is 134 Å². The Kier molecular flexibility index (Phi) is 4.01. The maximum atomic E-state index is 12.6. The van der Waals surface area contributed by atoms with Gasteiger partial charge < -0.3 is 18.8 Å². The minimum atomic E-state index is -0.467. The molecule has 0 spiro atoms. The number of aromatic nitrogens is 1. The monoisotopic (exact) mass is 316 g/mol. The lowest BCUT2D eigenvalue weighted by Gasteiger charge is -2.34. The van der Waals surface area contributed by atoms with E-state index in [0.29, 0.717) is 26.4 Å². The van der Waals surface area contributed by atoms with Crippen molar-refractivity contribution < 1.29 is 18.7 Å². The van der Waals surface area contributed by atoms with Gasteiger partial charge in [-0.2, -0.15) is 0 Å². The lowest BCUT2D eigenvalue weighted by molar-refractivity contribution is -0.159. The molecule has 6 nitrogen and oxygen atoms in total. The number of rotatable bonds is 2. The van der Waals surface area contributed by atoms with E-state index in [-0.39, 0.29) is 11.8 Å². The first-order valence-electron chi connectivity index (χ1n) is 8.15. The molecule has 122 valence electrons. The molecular weight excluding hydrogens is 296 g/mol. The van der Waals surface area contributed by atoms with Crippen molar-refractivity contribution in [2.24, 2.45) is 0 Å². The van der Waals surface area contributed by atoms with Gasteiger partial charge in [-0.25, -0.2) is 4.98 Å². The summed E-state index contributed by atoms with van der Waals surface area (Å²) in [6.45, 7) is 2.79. The van der Waals surface area contributed by atoms with E-state index in [1.165, 1.54) is 0 Å². The average molecular weight is 316 g/mol. The predicted octanol–water partition coefficient (Wildman–Crippen LogP) is 1.95. The van der Waals surface area contributed by atoms with Gasteiger partial charge in [-0.3, -0.25) is 4.79 Å². The highest BCUT2D eigenvalue weighted by Gasteiger charge is 2.33. The van der Waals surface area contributed by atoms with E-state index in [4.69, 9.17) is 13.9 Å². The molecule has 3 heterocycles. The Bertz CT molecular complexity index is 660. The molecule has 0 saturated carbocycles. The average Bonchev–Trinajstić information content (AvgIpc) is 3.06. The van der Waals surface area contributed by atoms with Crippen LogP contribution < -0.4 is 0 Å². The number of carbonyl (C=O) groups is 1. The summed E-state index contributed by atoms with van der Waals surface area (Å²) in [7, 11) is 0. The molecule has 2 aromatic rings. The number of carbonyl (C=O) groups excluding carboxylic acids is 1. The molecule has 1 amide bonds. The third kappa shape index (κ3) is 2.96. The second-order valence-electron chi connectivity index (χ2n) is 6.08. The molecule has 4 rings (SSSR count). The number of oxazole rings is 1. The van der Waals surface area contributed by atoms with Crippen molar-refractivity contribution in [1.29, 1.82) is 0 Å². The van der Waals surface area contributed by atoms with Crippen molar-refractivity contribution in [2.75, 3.05) is 32.9 Å². The van der Waals surface area contributed by atoms with Crippen LogP contribution in [0.2, 0.25) is 0 Å². The van der Waals surface area contributed by atoms with Gasteiger partial charge in [0, 0.05) is 13.1 Å². The molecule has 23 heavy (non-hydrogen) atoms. The van der Waals surface area contributed by atoms with E-state index in [1.807, 2.05) is 29.2 Å². The quantitative estimate of drug-likeness (QED) is 0.847. The maximum Gasteiger partial charge on any atom is 0.254 e. The zero-order chi connectivity index (χ0) is 15.6. The smallest absolute Gasteiger partial charge is 0.254 e. The summed E-state index contributed by atoms with van der Waals surface area (Å²) in [6, 6.07) is 7.76. The Hall–Kier alpha value is -1.92. The molecule has 0 N–H and O–H groups in total. The van der Waals surface area contributed by atoms with Crippen LogP contribution in [-0.4, -0.2) is 54.8 Å². The third-order valence-electron chi connectivity index (χ3n) is 4.48. The topological polar surface area (TPSA) is 64.8 Å². The minimum absolute atomic E-state index is 0.0190. The van der Waals surface area contributed by atoms with Gasteiger partial charge in [0.15, 0.2) is 17.6 Å². The predicted molar refractivity (Wildman–Crippen MR) is 83.1 cm³/mol. The summed E-state index contributed by atoms with van der Waals surface area (Å²) in [5.41, 5.74) is 1.67. The highest BCUT2D eigenvalue weighted by Crippen LogP contribution is 2.29. The standard InChI is InChI=1S/C17H20N2O4/c20-17(15-11-21-8-9-22-15)19-7-3-4-12(10-19)16-18-13-5-1-2-6-14(13)23-16/h1-2,5-6,12,15H,3-4,7-11H2/t12-,15+/m1/s1. The number of hydrogen-bond acceptors (Lipinski definition) is 5. The molecule has 2 aliphatic heterocycles. The van der Waals surface area contributed by atoms with Gasteiger partial charge in [-0.15, -0.1) is 0 Å². The second-order valence-corrected chi connectivity index (χ2v) is 6.08. The Morgan fingerprint density at radius 2 is 2.17 bits per heavy atom. The first kappa shape index (κ1) is 14.7. The van der Waals surface area contributed by atoms with E-state index in [0.717, 1.165) is 36.4 Å². The molecule has 0 unspecified atom stereocenters. The van der Waals surface area contributed by atoms with Crippen molar-refractivity contribution >= 4 is 17.0 Å². The van der Waals surface area contributed by atoms with E-state index < -0.39 is 6.10 Å². The zero-order valence-electron chi connectivity index (χ0n) is 12.9. The molecule has 0 bridgehead atoms. The fourth-order valence-corrected chi connectivity index (χ4v) is 3.28. The maximum absolute atomic E-state index is 12.6. The lowest BCUT2D eigenvalue weighted by atomic mass is 9.97. The van der Waals surface area contributed by atoms with Gasteiger partial charge in [0.25, 0.3) is 5.91 Å². The molecule has 0 radical (unpaired) electrons. The van der Waals surface area contributed by atoms with Crippen LogP contribution in [0, 0.1) is 0 Å². The first-order valence-corrected chi connectivity index (χ1v) is 8.15. The molecule has 2 fully saturated rings. The number of para-hydroxylation sites is 2. The van der Waals surface area contributed by atoms with Crippen molar-refractivity contribution in [3.8, 4) is 0 Å². The minimum Gasteiger partial charge on any atom is -0.440 e. The van der Waals surface area contributed by atoms with Crippen molar-refractivity contribution in [2.45, 2.75) is 24.9 Å². The second kappa shape index (κ2) is 6.29. The van der Waals surface area contributed by atoms with Crippen LogP contribution in [0.15, 0.2) is 28.7 Å². The van der Waals surface area contributed by atoms with Gasteiger partial charge >= 0.3 is 0 Å². The molecule has 1 aromatic carbocycles. The van der Waals surface area contributed by atoms with Crippen LogP contribution in [-0.2, 0) is 14.3 Å². The Morgan fingerprint density at radius 3 is 3.00 bits per heavy atom. The third-order valence-corrected chi connectivity index (χ3v) is 4.48. The zero-order valence-corrected chi connectivity index (χ0v) is 12.9. The number of fused-ring (bicyclic) bond motifs is 1. The summed E-state index contributed by atoms with van der Waals surface area (Å²) in [5.74, 6) is 0.889. The van der Waals surface area contributed by atoms with Gasteiger partial charge in [0.2, 0.25) is 0 Å². The Balaban J connectivity index is 1.48. The van der Waals surface area contributed by atoms with Crippen molar-refractivity contribution in [1.82, 2.24) is 9.88 Å². The van der Waals surface area contributed by atoms with E-state index in [2.05, 4.69) is 4.98 Å². The molecule has 2 saturated heterocycles. The van der Waals surface area contributed by atoms with E-state index in [1.54, 1.807) is 0 Å². The summed E-state index contributed by atoms with van der Waals surface area (Å²) >= 11 is 0. The van der Waals surface area contributed by atoms with Crippen LogP contribution in [0.1, 0.15) is 24.7 Å². The molecule has 2 atom stereocenters. The van der Waals surface area contributed by atoms with Gasteiger partial charge in [-0.1, -0.05) is 12.1 Å². The highest BCUT2D eigenvalue weighted by atomic mass is 16.6. The summed E-state index contributed by atoms with van der Waals surface area (Å²) in [5, 5.41) is 0. The summed E-state index contributed by atoms with van der Waals surface area (Å²) < 4.78 is 16.7. The fraction of sp³-hybridized carbons (Fsp3) is 0.529. The van der Waals surface area contributed by atoms with Gasteiger partial charge in [0.1, 0.15) is 5.52 Å². The fourth-order valence-electron chi connectivity index (χ4n) is 3.28. The molecule has 1 aromatic heterocycles. The van der Waals surface area contributed by atoms with Crippen molar-refractivity contribution in [3.05, 3.63) is 30.2 Å². The molecule has 0 aliphatic carbocycles. The van der Waals surface area contributed by atoms with Crippen LogP contribution >= 0.6 is 0 Å². The van der Waals surface area contributed by atoms with Crippen molar-refractivity contribution in [3.63, 3.8) is 0 Å². The number of hydrogen-bond donors (Lipinski definition) is 0. The number of likely N-dealkylation sites (tertiary alicyclic amines) is 1. The molecular formula is C17H20N2O4. The molecule has 2 aliphatic rings. The summed E-state index contributed by atoms with van der Waals surface area (Å²) in [4.78, 5) is 19.0. The van der Waals surface area contributed by atoms with E-state index >= 15 is 0 Å². The normalized spacial score (nSPS) is 25.7. The van der Waals surface area contributed by atoms with Crippen LogP contribution in [0.3, 0.4) is 0 Å². The molecule has 6 heteroatoms. The number of piperidine rings is 1. The number of benzene rings is 1. The van der Waals surface area contributed by atoms with Crippen LogP contribution in [0.5, 0.6) is 0 Å². The number of nitrogens with zero attached hydrogens (tertiary/aromatic N) is 2. The Morgan fingerprint density at radius 1 is 1.26 bits per heavy atom. The SMILES string of the molecule is O=C([C@@H]1COCCO1)N1CCC[C@@H](c2nc3ccccc3o2)C1. The number of ether oxygens (including phenoxy) is 2. The first-order chi connectivity index (χ1) is 11.3. The highest BCUT2D eigenvalue weighted by molar-refractivity contribution is 5.81. The largest absolute Gasteiger partial charge is 0.440 e. The number of amides is 1. The van der Waals surface area contributed by atoms with E-state index in [9.17, 15) is 4.79 Å². The van der Waals surface area contributed by atoms with Gasteiger partial charge in [-0.05, 0) is 25.0 Å².